The van der Waals surface area contributed by atoms with Gasteiger partial charge in [0.2, 0.25) is 0 Å². The molecule has 1 aromatic rings. The molecule has 2 aliphatic carbocycles. The van der Waals surface area contributed by atoms with Gasteiger partial charge >= 0.3 is 6.18 Å². The van der Waals surface area contributed by atoms with Crippen LogP contribution >= 0.6 is 0 Å². The van der Waals surface area contributed by atoms with E-state index >= 15 is 0 Å². The maximum atomic E-state index is 13.0. The Morgan fingerprint density at radius 2 is 1.88 bits per heavy atom. The fourth-order valence-electron chi connectivity index (χ4n) is 5.01. The standard InChI is InChI=1S/C19H23F3N4/c20-19(21,22)17-4-3-15(11-23)18(24-17)26-7-5-25(6-8-26)12-16-10-13-1-2-14(16)9-13/h3-4,13-14,16H,1-2,5-10,12H2. The zero-order chi connectivity index (χ0) is 18.3. The van der Waals surface area contributed by atoms with Crippen molar-refractivity contribution >= 4 is 5.82 Å². The summed E-state index contributed by atoms with van der Waals surface area (Å²) < 4.78 is 38.9. The highest BCUT2D eigenvalue weighted by Gasteiger charge is 2.40. The topological polar surface area (TPSA) is 43.2 Å². The van der Waals surface area contributed by atoms with Gasteiger partial charge in [0.05, 0.1) is 5.56 Å². The van der Waals surface area contributed by atoms with Crippen LogP contribution in [0.15, 0.2) is 12.1 Å². The fourth-order valence-corrected chi connectivity index (χ4v) is 5.01. The Morgan fingerprint density at radius 3 is 2.46 bits per heavy atom. The average Bonchev–Trinajstić information content (AvgIpc) is 3.24. The van der Waals surface area contributed by atoms with E-state index in [-0.39, 0.29) is 11.4 Å². The van der Waals surface area contributed by atoms with E-state index in [1.54, 1.807) is 0 Å². The molecule has 7 heteroatoms. The average molecular weight is 364 g/mol. The van der Waals surface area contributed by atoms with Crippen LogP contribution in [0.5, 0.6) is 0 Å². The molecule has 2 heterocycles. The molecule has 3 fully saturated rings. The molecule has 4 rings (SSSR count). The summed E-state index contributed by atoms with van der Waals surface area (Å²) >= 11 is 0. The minimum Gasteiger partial charge on any atom is -0.353 e. The van der Waals surface area contributed by atoms with E-state index in [1.807, 2.05) is 11.0 Å². The number of nitrogens with zero attached hydrogens (tertiary/aromatic N) is 4. The monoisotopic (exact) mass is 364 g/mol. The molecular weight excluding hydrogens is 341 g/mol. The molecule has 3 aliphatic rings. The number of hydrogen-bond donors (Lipinski definition) is 0. The second kappa shape index (κ2) is 6.73. The lowest BCUT2D eigenvalue weighted by molar-refractivity contribution is -0.141. The summed E-state index contributed by atoms with van der Waals surface area (Å²) in [6.45, 7) is 3.97. The van der Waals surface area contributed by atoms with Gasteiger partial charge in [-0.1, -0.05) is 6.42 Å². The van der Waals surface area contributed by atoms with Crippen molar-refractivity contribution < 1.29 is 13.2 Å². The number of fused-ring (bicyclic) bond motifs is 2. The van der Waals surface area contributed by atoms with Crippen LogP contribution in [0.4, 0.5) is 19.0 Å². The van der Waals surface area contributed by atoms with E-state index in [0.29, 0.717) is 13.1 Å². The molecule has 1 saturated heterocycles. The Balaban J connectivity index is 1.40. The van der Waals surface area contributed by atoms with Crippen LogP contribution in [0.1, 0.15) is 36.9 Å². The van der Waals surface area contributed by atoms with Crippen molar-refractivity contribution in [2.45, 2.75) is 31.9 Å². The lowest BCUT2D eigenvalue weighted by Gasteiger charge is -2.38. The Labute approximate surface area is 151 Å². The van der Waals surface area contributed by atoms with Gasteiger partial charge in [-0.05, 0) is 49.1 Å². The maximum Gasteiger partial charge on any atom is 0.433 e. The molecule has 2 saturated carbocycles. The summed E-state index contributed by atoms with van der Waals surface area (Å²) in [5.41, 5.74) is -0.726. The van der Waals surface area contributed by atoms with Gasteiger partial charge in [0.1, 0.15) is 17.6 Å². The number of halogens is 3. The number of anilines is 1. The first-order chi connectivity index (χ1) is 12.4. The summed E-state index contributed by atoms with van der Waals surface area (Å²) in [6, 6.07) is 4.09. The SMILES string of the molecule is N#Cc1ccc(C(F)(F)F)nc1N1CCN(CC2CC3CCC2C3)CC1. The summed E-state index contributed by atoms with van der Waals surface area (Å²) in [6.07, 6.45) is 1.01. The van der Waals surface area contributed by atoms with Gasteiger partial charge in [-0.25, -0.2) is 4.98 Å². The third kappa shape index (κ3) is 3.39. The van der Waals surface area contributed by atoms with Crippen molar-refractivity contribution in [2.24, 2.45) is 17.8 Å². The Kier molecular flexibility index (Phi) is 4.55. The molecule has 0 spiro atoms. The van der Waals surface area contributed by atoms with E-state index in [0.717, 1.165) is 43.5 Å². The quantitative estimate of drug-likeness (QED) is 0.823. The van der Waals surface area contributed by atoms with Crippen molar-refractivity contribution in [2.75, 3.05) is 37.6 Å². The van der Waals surface area contributed by atoms with Crippen molar-refractivity contribution in [1.82, 2.24) is 9.88 Å². The Morgan fingerprint density at radius 1 is 1.12 bits per heavy atom. The van der Waals surface area contributed by atoms with Crippen molar-refractivity contribution in [3.05, 3.63) is 23.4 Å². The second-order valence-corrected chi connectivity index (χ2v) is 7.90. The zero-order valence-electron chi connectivity index (χ0n) is 14.7. The van der Waals surface area contributed by atoms with Gasteiger partial charge in [0.25, 0.3) is 0 Å². The van der Waals surface area contributed by atoms with Crippen molar-refractivity contribution in [1.29, 1.82) is 5.26 Å². The molecule has 0 amide bonds. The van der Waals surface area contributed by atoms with Crippen LogP contribution in [-0.2, 0) is 6.18 Å². The molecule has 3 atom stereocenters. The Hall–Kier alpha value is -1.81. The molecular formula is C19H23F3N4. The molecule has 1 aliphatic heterocycles. The Bertz CT molecular complexity index is 704. The summed E-state index contributed by atoms with van der Waals surface area (Å²) in [5.74, 6) is 2.77. The lowest BCUT2D eigenvalue weighted by Crippen LogP contribution is -2.48. The highest BCUT2D eigenvalue weighted by atomic mass is 19.4. The maximum absolute atomic E-state index is 13.0. The highest BCUT2D eigenvalue weighted by molar-refractivity contribution is 5.55. The minimum absolute atomic E-state index is 0.168. The molecule has 2 bridgehead atoms. The third-order valence-corrected chi connectivity index (χ3v) is 6.34. The van der Waals surface area contributed by atoms with Gasteiger partial charge in [0, 0.05) is 32.7 Å². The number of rotatable bonds is 3. The van der Waals surface area contributed by atoms with Crippen LogP contribution in [-0.4, -0.2) is 42.6 Å². The number of aromatic nitrogens is 1. The molecule has 1 aromatic heterocycles. The van der Waals surface area contributed by atoms with Gasteiger partial charge in [-0.3, -0.25) is 4.90 Å². The first-order valence-corrected chi connectivity index (χ1v) is 9.39. The fraction of sp³-hybridized carbons (Fsp3) is 0.684. The van der Waals surface area contributed by atoms with Crippen LogP contribution in [0.25, 0.3) is 0 Å². The normalized spacial score (nSPS) is 29.2. The van der Waals surface area contributed by atoms with E-state index in [9.17, 15) is 18.4 Å². The minimum atomic E-state index is -4.49. The van der Waals surface area contributed by atoms with Crippen LogP contribution in [0.3, 0.4) is 0 Å². The number of nitriles is 1. The van der Waals surface area contributed by atoms with Gasteiger partial charge < -0.3 is 4.90 Å². The van der Waals surface area contributed by atoms with Gasteiger partial charge in [-0.15, -0.1) is 0 Å². The summed E-state index contributed by atoms with van der Waals surface area (Å²) in [5, 5.41) is 9.24. The van der Waals surface area contributed by atoms with Crippen molar-refractivity contribution in [3.8, 4) is 6.07 Å². The molecule has 0 radical (unpaired) electrons. The molecule has 4 nitrogen and oxygen atoms in total. The third-order valence-electron chi connectivity index (χ3n) is 6.34. The lowest BCUT2D eigenvalue weighted by atomic mass is 9.88. The summed E-state index contributed by atoms with van der Waals surface area (Å²) in [4.78, 5) is 8.01. The number of pyridine rings is 1. The zero-order valence-corrected chi connectivity index (χ0v) is 14.7. The highest BCUT2D eigenvalue weighted by Crippen LogP contribution is 2.48. The van der Waals surface area contributed by atoms with E-state index in [2.05, 4.69) is 9.88 Å². The van der Waals surface area contributed by atoms with E-state index in [1.165, 1.54) is 31.7 Å². The first kappa shape index (κ1) is 17.6. The van der Waals surface area contributed by atoms with Crippen LogP contribution in [0.2, 0.25) is 0 Å². The molecule has 140 valence electrons. The van der Waals surface area contributed by atoms with Crippen LogP contribution in [0, 0.1) is 29.1 Å². The molecule has 26 heavy (non-hydrogen) atoms. The number of piperazine rings is 1. The predicted molar refractivity (Wildman–Crippen MR) is 91.5 cm³/mol. The molecule has 0 N–H and O–H groups in total. The largest absolute Gasteiger partial charge is 0.433 e. The first-order valence-electron chi connectivity index (χ1n) is 9.39. The van der Waals surface area contributed by atoms with Gasteiger partial charge in [-0.2, -0.15) is 18.4 Å². The van der Waals surface area contributed by atoms with E-state index < -0.39 is 11.9 Å². The van der Waals surface area contributed by atoms with E-state index in [4.69, 9.17) is 0 Å². The summed E-state index contributed by atoms with van der Waals surface area (Å²) in [7, 11) is 0. The number of hydrogen-bond acceptors (Lipinski definition) is 4. The molecule has 0 aromatic carbocycles. The van der Waals surface area contributed by atoms with Gasteiger partial charge in [0.15, 0.2) is 0 Å². The van der Waals surface area contributed by atoms with Crippen molar-refractivity contribution in [3.63, 3.8) is 0 Å². The van der Waals surface area contributed by atoms with Crippen LogP contribution < -0.4 is 4.90 Å². The molecule has 3 unspecified atom stereocenters. The second-order valence-electron chi connectivity index (χ2n) is 7.90. The smallest absolute Gasteiger partial charge is 0.353 e. The predicted octanol–water partition coefficient (Wildman–Crippen LogP) is 3.53. The number of alkyl halides is 3.